The number of ether oxygens (including phenoxy) is 2. The highest BCUT2D eigenvalue weighted by Gasteiger charge is 2.17. The van der Waals surface area contributed by atoms with Gasteiger partial charge >= 0.3 is 6.09 Å². The number of methoxy groups -OCH3 is 1. The quantitative estimate of drug-likeness (QED) is 0.727. The monoisotopic (exact) mass is 296 g/mol. The van der Waals surface area contributed by atoms with Gasteiger partial charge in [-0.25, -0.2) is 4.79 Å². The third kappa shape index (κ3) is 6.35. The number of benzene rings is 1. The van der Waals surface area contributed by atoms with Crippen LogP contribution in [0.3, 0.4) is 0 Å². The fourth-order valence-electron chi connectivity index (χ4n) is 1.63. The predicted molar refractivity (Wildman–Crippen MR) is 80.3 cm³/mol. The molecule has 21 heavy (non-hydrogen) atoms. The van der Waals surface area contributed by atoms with Crippen molar-refractivity contribution < 1.29 is 19.4 Å². The molecule has 6 heteroatoms. The minimum Gasteiger partial charge on any atom is -0.508 e. The summed E-state index contributed by atoms with van der Waals surface area (Å²) in [5.41, 5.74) is 0.154. The van der Waals surface area contributed by atoms with Crippen molar-refractivity contribution in [3.63, 3.8) is 0 Å². The molecule has 0 radical (unpaired) electrons. The van der Waals surface area contributed by atoms with E-state index in [9.17, 15) is 9.90 Å². The second-order valence-electron chi connectivity index (χ2n) is 5.74. The number of aromatic hydroxyl groups is 1. The number of alkyl carbamates (subject to hydrolysis) is 1. The lowest BCUT2D eigenvalue weighted by Gasteiger charge is -2.22. The van der Waals surface area contributed by atoms with Gasteiger partial charge in [-0.3, -0.25) is 5.32 Å². The standard InChI is InChI=1S/C15H24N2O4/c1-10(17-14(19)21-15(2,3)4)16-9-11-8-12(20-5)6-7-13(11)18/h6-8,10,16,18H,9H2,1-5H3,(H,17,19). The van der Waals surface area contributed by atoms with Crippen molar-refractivity contribution in [2.24, 2.45) is 0 Å². The minimum atomic E-state index is -0.533. The van der Waals surface area contributed by atoms with E-state index in [2.05, 4.69) is 10.6 Å². The SMILES string of the molecule is COc1ccc(O)c(CNC(C)NC(=O)OC(C)(C)C)c1. The summed E-state index contributed by atoms with van der Waals surface area (Å²) in [6.07, 6.45) is -0.789. The number of carbonyl (C=O) groups excluding carboxylic acids is 1. The predicted octanol–water partition coefficient (Wildman–Crippen LogP) is 2.36. The maximum atomic E-state index is 11.6. The van der Waals surface area contributed by atoms with Crippen LogP contribution >= 0.6 is 0 Å². The molecular weight excluding hydrogens is 272 g/mol. The summed E-state index contributed by atoms with van der Waals surface area (Å²) in [6, 6.07) is 4.99. The van der Waals surface area contributed by atoms with Gasteiger partial charge in [-0.2, -0.15) is 0 Å². The van der Waals surface area contributed by atoms with Gasteiger partial charge in [-0.15, -0.1) is 0 Å². The van der Waals surface area contributed by atoms with E-state index in [0.29, 0.717) is 17.9 Å². The van der Waals surface area contributed by atoms with Crippen molar-refractivity contribution in [3.05, 3.63) is 23.8 Å². The fourth-order valence-corrected chi connectivity index (χ4v) is 1.63. The summed E-state index contributed by atoms with van der Waals surface area (Å²) >= 11 is 0. The van der Waals surface area contributed by atoms with Crippen LogP contribution in [0.4, 0.5) is 4.79 Å². The van der Waals surface area contributed by atoms with Gasteiger partial charge in [0.2, 0.25) is 0 Å². The molecule has 0 saturated heterocycles. The lowest BCUT2D eigenvalue weighted by Crippen LogP contribution is -2.45. The zero-order valence-electron chi connectivity index (χ0n) is 13.2. The molecule has 0 aromatic heterocycles. The average molecular weight is 296 g/mol. The summed E-state index contributed by atoms with van der Waals surface area (Å²) in [5.74, 6) is 0.838. The molecule has 0 aliphatic heterocycles. The zero-order valence-corrected chi connectivity index (χ0v) is 13.2. The molecule has 3 N–H and O–H groups in total. The Hall–Kier alpha value is -1.95. The molecule has 1 aromatic carbocycles. The smallest absolute Gasteiger partial charge is 0.408 e. The van der Waals surface area contributed by atoms with E-state index in [0.717, 1.165) is 0 Å². The van der Waals surface area contributed by atoms with Crippen LogP contribution in [0.2, 0.25) is 0 Å². The molecule has 1 amide bonds. The third-order valence-electron chi connectivity index (χ3n) is 2.62. The first-order valence-corrected chi connectivity index (χ1v) is 6.80. The van der Waals surface area contributed by atoms with E-state index < -0.39 is 11.7 Å². The minimum absolute atomic E-state index is 0.174. The lowest BCUT2D eigenvalue weighted by molar-refractivity contribution is 0.0499. The number of amides is 1. The largest absolute Gasteiger partial charge is 0.508 e. The van der Waals surface area contributed by atoms with E-state index >= 15 is 0 Å². The normalized spacial score (nSPS) is 12.6. The highest BCUT2D eigenvalue weighted by atomic mass is 16.6. The van der Waals surface area contributed by atoms with Crippen molar-refractivity contribution in [2.45, 2.75) is 46.0 Å². The summed E-state index contributed by atoms with van der Waals surface area (Å²) in [5, 5.41) is 15.5. The molecule has 0 bridgehead atoms. The van der Waals surface area contributed by atoms with Crippen LogP contribution in [0, 0.1) is 0 Å². The molecule has 0 spiro atoms. The number of hydrogen-bond acceptors (Lipinski definition) is 5. The van der Waals surface area contributed by atoms with E-state index in [-0.39, 0.29) is 11.9 Å². The number of hydrogen-bond donors (Lipinski definition) is 3. The molecule has 0 fully saturated rings. The highest BCUT2D eigenvalue weighted by Crippen LogP contribution is 2.22. The van der Waals surface area contributed by atoms with E-state index in [1.807, 2.05) is 0 Å². The molecule has 0 aliphatic carbocycles. The zero-order chi connectivity index (χ0) is 16.0. The molecule has 1 aromatic rings. The second-order valence-corrected chi connectivity index (χ2v) is 5.74. The Labute approximate surface area is 125 Å². The van der Waals surface area contributed by atoms with Crippen molar-refractivity contribution in [1.82, 2.24) is 10.6 Å². The Morgan fingerprint density at radius 3 is 2.62 bits per heavy atom. The van der Waals surface area contributed by atoms with E-state index in [4.69, 9.17) is 9.47 Å². The second kappa shape index (κ2) is 7.17. The first-order chi connectivity index (χ1) is 9.71. The van der Waals surface area contributed by atoms with Crippen molar-refractivity contribution in [2.75, 3.05) is 7.11 Å². The van der Waals surface area contributed by atoms with Crippen molar-refractivity contribution in [1.29, 1.82) is 0 Å². The number of phenols is 1. The molecular formula is C15H24N2O4. The lowest BCUT2D eigenvalue weighted by atomic mass is 10.2. The molecule has 6 nitrogen and oxygen atoms in total. The van der Waals surface area contributed by atoms with E-state index in [1.54, 1.807) is 53.0 Å². The van der Waals surface area contributed by atoms with Crippen LogP contribution in [0.5, 0.6) is 11.5 Å². The van der Waals surface area contributed by atoms with Gasteiger partial charge in [0, 0.05) is 12.1 Å². The summed E-state index contributed by atoms with van der Waals surface area (Å²) in [6.45, 7) is 7.60. The topological polar surface area (TPSA) is 79.8 Å². The van der Waals surface area contributed by atoms with Gasteiger partial charge in [0.1, 0.15) is 17.1 Å². The first-order valence-electron chi connectivity index (χ1n) is 6.80. The summed E-state index contributed by atoms with van der Waals surface area (Å²) < 4.78 is 10.3. The van der Waals surface area contributed by atoms with E-state index in [1.165, 1.54) is 0 Å². The number of phenolic OH excluding ortho intramolecular Hbond substituents is 1. The average Bonchev–Trinajstić information content (AvgIpc) is 2.35. The molecule has 1 unspecified atom stereocenters. The molecule has 0 heterocycles. The van der Waals surface area contributed by atoms with Gasteiger partial charge in [-0.05, 0) is 45.9 Å². The van der Waals surface area contributed by atoms with Gasteiger partial charge in [0.25, 0.3) is 0 Å². The molecule has 1 rings (SSSR count). The van der Waals surface area contributed by atoms with Gasteiger partial charge < -0.3 is 19.9 Å². The summed E-state index contributed by atoms with van der Waals surface area (Å²) in [7, 11) is 1.57. The first kappa shape index (κ1) is 17.1. The van der Waals surface area contributed by atoms with Gasteiger partial charge in [-0.1, -0.05) is 0 Å². The Kier molecular flexibility index (Phi) is 5.84. The Morgan fingerprint density at radius 2 is 2.05 bits per heavy atom. The number of rotatable bonds is 5. The summed E-state index contributed by atoms with van der Waals surface area (Å²) in [4.78, 5) is 11.6. The molecule has 1 atom stereocenters. The maximum Gasteiger partial charge on any atom is 0.408 e. The number of nitrogens with one attached hydrogen (secondary N) is 2. The molecule has 118 valence electrons. The van der Waals surface area contributed by atoms with Crippen LogP contribution in [-0.2, 0) is 11.3 Å². The van der Waals surface area contributed by atoms with Crippen LogP contribution in [0.15, 0.2) is 18.2 Å². The Balaban J connectivity index is 2.49. The van der Waals surface area contributed by atoms with Crippen LogP contribution in [0.25, 0.3) is 0 Å². The van der Waals surface area contributed by atoms with Crippen molar-refractivity contribution in [3.8, 4) is 11.5 Å². The number of carbonyl (C=O) groups is 1. The third-order valence-corrected chi connectivity index (χ3v) is 2.62. The fraction of sp³-hybridized carbons (Fsp3) is 0.533. The van der Waals surface area contributed by atoms with Gasteiger partial charge in [0.15, 0.2) is 0 Å². The molecule has 0 saturated carbocycles. The highest BCUT2D eigenvalue weighted by molar-refractivity contribution is 5.67. The van der Waals surface area contributed by atoms with Crippen molar-refractivity contribution >= 4 is 6.09 Å². The maximum absolute atomic E-state index is 11.6. The van der Waals surface area contributed by atoms with Gasteiger partial charge in [0.05, 0.1) is 13.3 Å². The van der Waals surface area contributed by atoms with Crippen LogP contribution in [-0.4, -0.2) is 30.1 Å². The molecule has 0 aliphatic rings. The Morgan fingerprint density at radius 1 is 1.38 bits per heavy atom. The Bertz CT molecular complexity index is 483. The van der Waals surface area contributed by atoms with Crippen LogP contribution < -0.4 is 15.4 Å². The van der Waals surface area contributed by atoms with Crippen LogP contribution in [0.1, 0.15) is 33.3 Å².